The van der Waals surface area contributed by atoms with Gasteiger partial charge in [0.05, 0.1) is 18.4 Å². The number of carbonyl (C=O) groups excluding carboxylic acids is 4. The van der Waals surface area contributed by atoms with Gasteiger partial charge >= 0.3 is 5.97 Å². The van der Waals surface area contributed by atoms with Crippen molar-refractivity contribution in [2.75, 3.05) is 23.5 Å². The van der Waals surface area contributed by atoms with E-state index in [4.69, 9.17) is 4.74 Å². The first-order valence-corrected chi connectivity index (χ1v) is 19.6. The van der Waals surface area contributed by atoms with E-state index < -0.39 is 17.8 Å². The fourth-order valence-electron chi connectivity index (χ4n) is 6.42. The summed E-state index contributed by atoms with van der Waals surface area (Å²) in [5.74, 6) is -1.04. The molecule has 6 rings (SSSR count). The van der Waals surface area contributed by atoms with E-state index in [1.807, 2.05) is 66.7 Å². The van der Waals surface area contributed by atoms with Gasteiger partial charge in [0, 0.05) is 21.0 Å². The molecule has 0 aliphatic heterocycles. The Morgan fingerprint density at radius 3 is 2.22 bits per heavy atom. The molecular formula is C44H43N3O5S2. The maximum Gasteiger partial charge on any atom is 0.341 e. The molecule has 0 radical (unpaired) electrons. The van der Waals surface area contributed by atoms with Crippen molar-refractivity contribution in [3.8, 4) is 11.1 Å². The van der Waals surface area contributed by atoms with Crippen molar-refractivity contribution in [1.82, 2.24) is 5.32 Å². The quantitative estimate of drug-likeness (QED) is 0.0703. The number of fused-ring (bicyclic) bond motifs is 1. The zero-order valence-corrected chi connectivity index (χ0v) is 32.4. The molecule has 1 aliphatic carbocycles. The molecule has 1 heterocycles. The first-order chi connectivity index (χ1) is 26.0. The van der Waals surface area contributed by atoms with Crippen LogP contribution in [0.15, 0.2) is 120 Å². The van der Waals surface area contributed by atoms with Gasteiger partial charge in [-0.25, -0.2) is 4.79 Å². The highest BCUT2D eigenvalue weighted by molar-refractivity contribution is 8.00. The second-order valence-electron chi connectivity index (χ2n) is 14.2. The first kappa shape index (κ1) is 38.3. The van der Waals surface area contributed by atoms with Crippen LogP contribution in [0.5, 0.6) is 0 Å². The lowest BCUT2D eigenvalue weighted by Gasteiger charge is -2.33. The van der Waals surface area contributed by atoms with Crippen molar-refractivity contribution < 1.29 is 23.9 Å². The van der Waals surface area contributed by atoms with Crippen LogP contribution >= 0.6 is 23.1 Å². The molecule has 8 nitrogen and oxygen atoms in total. The van der Waals surface area contributed by atoms with Crippen LogP contribution in [-0.2, 0) is 27.2 Å². The maximum absolute atomic E-state index is 13.7. The van der Waals surface area contributed by atoms with Crippen molar-refractivity contribution in [3.63, 3.8) is 0 Å². The van der Waals surface area contributed by atoms with E-state index in [0.29, 0.717) is 27.7 Å². The Morgan fingerprint density at radius 2 is 1.54 bits per heavy atom. The van der Waals surface area contributed by atoms with Gasteiger partial charge < -0.3 is 20.7 Å². The maximum atomic E-state index is 13.7. The molecule has 4 aromatic carbocycles. The average Bonchev–Trinajstić information content (AvgIpc) is 3.54. The van der Waals surface area contributed by atoms with Gasteiger partial charge in [-0.1, -0.05) is 99.6 Å². The minimum Gasteiger partial charge on any atom is -0.465 e. The number of anilines is 2. The molecule has 3 N–H and O–H groups in total. The molecule has 3 amide bonds. The third-order valence-electron chi connectivity index (χ3n) is 9.45. The van der Waals surface area contributed by atoms with E-state index in [-0.39, 0.29) is 22.8 Å². The molecule has 0 saturated carbocycles. The highest BCUT2D eigenvalue weighted by atomic mass is 32.2. The first-order valence-electron chi connectivity index (χ1n) is 17.8. The van der Waals surface area contributed by atoms with Gasteiger partial charge in [-0.15, -0.1) is 23.1 Å². The minimum absolute atomic E-state index is 0.0719. The molecule has 1 aliphatic rings. The van der Waals surface area contributed by atoms with Crippen LogP contribution in [0.4, 0.5) is 10.7 Å². The normalized spacial score (nSPS) is 14.1. The smallest absolute Gasteiger partial charge is 0.341 e. The van der Waals surface area contributed by atoms with Gasteiger partial charge in [0.15, 0.2) is 0 Å². The summed E-state index contributed by atoms with van der Waals surface area (Å²) in [6.45, 7) is 6.72. The highest BCUT2D eigenvalue weighted by Gasteiger charge is 2.34. The summed E-state index contributed by atoms with van der Waals surface area (Å²) in [6.07, 6.45) is 4.26. The number of thiophene rings is 1. The van der Waals surface area contributed by atoms with Crippen LogP contribution in [0, 0.1) is 11.3 Å². The Bertz CT molecular complexity index is 2170. The van der Waals surface area contributed by atoms with Gasteiger partial charge in [-0.3, -0.25) is 14.4 Å². The third-order valence-corrected chi connectivity index (χ3v) is 11.6. The van der Waals surface area contributed by atoms with Crippen LogP contribution in [0.2, 0.25) is 0 Å². The molecule has 0 fully saturated rings. The largest absolute Gasteiger partial charge is 0.465 e. The van der Waals surface area contributed by atoms with Crippen molar-refractivity contribution in [3.05, 3.63) is 142 Å². The molecular weight excluding hydrogens is 715 g/mol. The molecule has 10 heteroatoms. The number of hydrogen-bond donors (Lipinski definition) is 3. The fraction of sp³-hybridized carbons (Fsp3) is 0.227. The van der Waals surface area contributed by atoms with Crippen LogP contribution < -0.4 is 16.0 Å². The van der Waals surface area contributed by atoms with Crippen LogP contribution in [0.25, 0.3) is 17.2 Å². The van der Waals surface area contributed by atoms with Gasteiger partial charge in [-0.05, 0) is 89.3 Å². The van der Waals surface area contributed by atoms with Crippen molar-refractivity contribution in [1.29, 1.82) is 0 Å². The Labute approximate surface area is 324 Å². The number of hydrogen-bond acceptors (Lipinski definition) is 7. The lowest BCUT2D eigenvalue weighted by atomic mass is 9.72. The molecule has 0 saturated heterocycles. The third kappa shape index (κ3) is 9.55. The van der Waals surface area contributed by atoms with Gasteiger partial charge in [0.25, 0.3) is 11.8 Å². The standard InChI is InChI=1S/C44H43N3O5S2/c1-44(2,3)32-22-23-35-37(25-32)54-42(39(35)43(51)52-4)47-38(48)27-53-34-17-11-16-33(26-34)45-41(50)36(46-40(49)31-14-9-6-10-15-31)24-28-18-20-30(21-19-28)29-12-7-5-8-13-29/h5-21,24,26,32H,22-23,25,27H2,1-4H3,(H,45,50)(H,46,49)(H,47,48)/b36-24+. The van der Waals surface area contributed by atoms with E-state index >= 15 is 0 Å². The number of esters is 1. The van der Waals surface area contributed by atoms with Crippen molar-refractivity contribution >= 4 is 63.6 Å². The summed E-state index contributed by atoms with van der Waals surface area (Å²) < 4.78 is 5.12. The summed E-state index contributed by atoms with van der Waals surface area (Å²) >= 11 is 2.77. The van der Waals surface area contributed by atoms with E-state index in [9.17, 15) is 19.2 Å². The number of methoxy groups -OCH3 is 1. The number of amides is 3. The number of carbonyl (C=O) groups is 4. The molecule has 1 unspecified atom stereocenters. The monoisotopic (exact) mass is 757 g/mol. The Kier molecular flexibility index (Phi) is 12.1. The fourth-order valence-corrected chi connectivity index (χ4v) is 8.50. The molecule has 276 valence electrons. The molecule has 0 spiro atoms. The van der Waals surface area contributed by atoms with Gasteiger partial charge in [0.1, 0.15) is 10.7 Å². The number of benzene rings is 4. The van der Waals surface area contributed by atoms with Crippen LogP contribution in [0.1, 0.15) is 63.9 Å². The Hall–Kier alpha value is -5.45. The summed E-state index contributed by atoms with van der Waals surface area (Å²) in [4.78, 5) is 54.9. The van der Waals surface area contributed by atoms with E-state index in [0.717, 1.165) is 51.3 Å². The van der Waals surface area contributed by atoms with Crippen molar-refractivity contribution in [2.24, 2.45) is 11.3 Å². The van der Waals surface area contributed by atoms with Gasteiger partial charge in [0.2, 0.25) is 5.91 Å². The number of rotatable bonds is 11. The Balaban J connectivity index is 1.14. The van der Waals surface area contributed by atoms with Crippen molar-refractivity contribution in [2.45, 2.75) is 44.9 Å². The summed E-state index contributed by atoms with van der Waals surface area (Å²) in [5.41, 5.74) is 5.41. The Morgan fingerprint density at radius 1 is 0.852 bits per heavy atom. The molecule has 5 aromatic rings. The lowest BCUT2D eigenvalue weighted by Crippen LogP contribution is -2.30. The van der Waals surface area contributed by atoms with E-state index in [2.05, 4.69) is 36.7 Å². The SMILES string of the molecule is COC(=O)c1c(NC(=O)CSc2cccc(NC(=O)/C(=C\c3ccc(-c4ccccc4)cc3)NC(=O)c3ccccc3)c2)sc2c1CCC(C(C)(C)C)C2. The lowest BCUT2D eigenvalue weighted by molar-refractivity contribution is -0.114. The number of ether oxygens (including phenoxy) is 1. The van der Waals surface area contributed by atoms with E-state index in [1.54, 1.807) is 48.5 Å². The van der Waals surface area contributed by atoms with Crippen LogP contribution in [-0.4, -0.2) is 36.6 Å². The van der Waals surface area contributed by atoms with Crippen LogP contribution in [0.3, 0.4) is 0 Å². The zero-order valence-electron chi connectivity index (χ0n) is 30.7. The number of thioether (sulfide) groups is 1. The molecule has 0 bridgehead atoms. The van der Waals surface area contributed by atoms with Gasteiger partial charge in [-0.2, -0.15) is 0 Å². The highest BCUT2D eigenvalue weighted by Crippen LogP contribution is 2.44. The molecule has 1 atom stereocenters. The minimum atomic E-state index is -0.503. The molecule has 54 heavy (non-hydrogen) atoms. The second-order valence-corrected chi connectivity index (χ2v) is 16.3. The van der Waals surface area contributed by atoms with E-state index in [1.165, 1.54) is 30.2 Å². The summed E-state index contributed by atoms with van der Waals surface area (Å²) in [5, 5.41) is 9.20. The predicted molar refractivity (Wildman–Crippen MR) is 219 cm³/mol. The summed E-state index contributed by atoms with van der Waals surface area (Å²) in [7, 11) is 1.36. The topological polar surface area (TPSA) is 114 Å². The average molecular weight is 758 g/mol. The number of nitrogens with one attached hydrogen (secondary N) is 3. The summed E-state index contributed by atoms with van der Waals surface area (Å²) in [6, 6.07) is 33.6. The zero-order chi connectivity index (χ0) is 38.2. The molecule has 1 aromatic heterocycles. The predicted octanol–water partition coefficient (Wildman–Crippen LogP) is 9.49. The second kappa shape index (κ2) is 17.1.